The van der Waals surface area contributed by atoms with Gasteiger partial charge in [-0.05, 0) is 44.7 Å². The van der Waals surface area contributed by atoms with Crippen LogP contribution in [0.4, 0.5) is 0 Å². The van der Waals surface area contributed by atoms with Crippen LogP contribution in [0.15, 0.2) is 0 Å². The van der Waals surface area contributed by atoms with E-state index in [0.29, 0.717) is 23.9 Å². The summed E-state index contributed by atoms with van der Waals surface area (Å²) in [6, 6.07) is 0.866. The predicted octanol–water partition coefficient (Wildman–Crippen LogP) is 2.08. The van der Waals surface area contributed by atoms with E-state index in [0.717, 1.165) is 45.4 Å². The third kappa shape index (κ3) is 3.98. The summed E-state index contributed by atoms with van der Waals surface area (Å²) in [4.78, 5) is 17.3. The van der Waals surface area contributed by atoms with E-state index in [9.17, 15) is 4.79 Å². The van der Waals surface area contributed by atoms with Gasteiger partial charge in [-0.25, -0.2) is 0 Å². The zero-order chi connectivity index (χ0) is 15.4. The van der Waals surface area contributed by atoms with Crippen molar-refractivity contribution in [3.63, 3.8) is 0 Å². The molecule has 1 saturated heterocycles. The van der Waals surface area contributed by atoms with Crippen LogP contribution < -0.4 is 5.73 Å². The highest BCUT2D eigenvalue weighted by Crippen LogP contribution is 2.31. The van der Waals surface area contributed by atoms with E-state index in [1.54, 1.807) is 0 Å². The summed E-state index contributed by atoms with van der Waals surface area (Å²) in [5.41, 5.74) is 6.08. The molecule has 0 aromatic heterocycles. The molecule has 4 atom stereocenters. The lowest BCUT2D eigenvalue weighted by atomic mass is 9.78. The monoisotopic (exact) mass is 295 g/mol. The average molecular weight is 295 g/mol. The lowest BCUT2D eigenvalue weighted by Gasteiger charge is -2.33. The number of carbonyl (C=O) groups is 1. The fraction of sp³-hybridized carbons (Fsp3) is 0.941. The maximum atomic E-state index is 12.8. The molecular weight excluding hydrogens is 262 g/mol. The lowest BCUT2D eigenvalue weighted by molar-refractivity contribution is -0.136. The van der Waals surface area contributed by atoms with Crippen LogP contribution in [0.2, 0.25) is 0 Å². The number of amides is 1. The van der Waals surface area contributed by atoms with Crippen molar-refractivity contribution in [2.45, 2.75) is 65.0 Å². The van der Waals surface area contributed by atoms with Crippen LogP contribution in [0, 0.1) is 11.8 Å². The summed E-state index contributed by atoms with van der Waals surface area (Å²) in [5, 5.41) is 0. The molecule has 1 aliphatic heterocycles. The summed E-state index contributed by atoms with van der Waals surface area (Å²) in [5.74, 6) is 1.00. The summed E-state index contributed by atoms with van der Waals surface area (Å²) < 4.78 is 0. The minimum atomic E-state index is 0.145. The molecule has 122 valence electrons. The van der Waals surface area contributed by atoms with Gasteiger partial charge in [0, 0.05) is 31.1 Å². The van der Waals surface area contributed by atoms with Crippen LogP contribution in [-0.4, -0.2) is 54.0 Å². The van der Waals surface area contributed by atoms with Gasteiger partial charge in [-0.3, -0.25) is 9.69 Å². The van der Waals surface area contributed by atoms with Crippen molar-refractivity contribution in [1.82, 2.24) is 9.80 Å². The van der Waals surface area contributed by atoms with Gasteiger partial charge in [-0.15, -0.1) is 0 Å². The Morgan fingerprint density at radius 1 is 1.29 bits per heavy atom. The van der Waals surface area contributed by atoms with Gasteiger partial charge in [-0.1, -0.05) is 27.2 Å². The molecule has 1 heterocycles. The normalized spacial score (nSPS) is 31.7. The first kappa shape index (κ1) is 16.8. The van der Waals surface area contributed by atoms with Crippen molar-refractivity contribution in [3.05, 3.63) is 0 Å². The van der Waals surface area contributed by atoms with E-state index in [2.05, 4.69) is 30.6 Å². The highest BCUT2D eigenvalue weighted by molar-refractivity contribution is 5.79. The highest BCUT2D eigenvalue weighted by Gasteiger charge is 2.35. The van der Waals surface area contributed by atoms with Gasteiger partial charge in [0.15, 0.2) is 0 Å². The Hall–Kier alpha value is -0.610. The molecule has 0 spiro atoms. The van der Waals surface area contributed by atoms with Crippen LogP contribution in [-0.2, 0) is 4.79 Å². The summed E-state index contributed by atoms with van der Waals surface area (Å²) in [6.45, 7) is 10.6. The van der Waals surface area contributed by atoms with E-state index >= 15 is 0 Å². The minimum Gasteiger partial charge on any atom is -0.341 e. The van der Waals surface area contributed by atoms with Gasteiger partial charge in [0.05, 0.1) is 0 Å². The van der Waals surface area contributed by atoms with Crippen LogP contribution in [0.1, 0.15) is 52.9 Å². The van der Waals surface area contributed by atoms with Crippen LogP contribution >= 0.6 is 0 Å². The second-order valence-electron chi connectivity index (χ2n) is 6.92. The first-order valence-corrected chi connectivity index (χ1v) is 8.85. The predicted molar refractivity (Wildman–Crippen MR) is 87.0 cm³/mol. The Balaban J connectivity index is 1.88. The zero-order valence-electron chi connectivity index (χ0n) is 14.1. The van der Waals surface area contributed by atoms with E-state index in [1.807, 2.05) is 0 Å². The molecule has 1 aliphatic carbocycles. The molecule has 4 heteroatoms. The van der Waals surface area contributed by atoms with Gasteiger partial charge in [-0.2, -0.15) is 0 Å². The van der Waals surface area contributed by atoms with Gasteiger partial charge in [0.1, 0.15) is 0 Å². The maximum absolute atomic E-state index is 12.8. The average Bonchev–Trinajstić information content (AvgIpc) is 2.97. The number of carbonyl (C=O) groups excluding carboxylic acids is 1. The molecule has 0 aromatic carbocycles. The van der Waals surface area contributed by atoms with Crippen molar-refractivity contribution >= 4 is 5.91 Å². The van der Waals surface area contributed by atoms with Gasteiger partial charge in [0.25, 0.3) is 0 Å². The molecule has 0 radical (unpaired) electrons. The minimum absolute atomic E-state index is 0.145. The largest absolute Gasteiger partial charge is 0.341 e. The summed E-state index contributed by atoms with van der Waals surface area (Å²) >= 11 is 0. The Morgan fingerprint density at radius 3 is 2.62 bits per heavy atom. The van der Waals surface area contributed by atoms with Crippen molar-refractivity contribution in [2.24, 2.45) is 17.6 Å². The Kier molecular flexibility index (Phi) is 6.06. The molecular formula is C17H33N3O. The summed E-state index contributed by atoms with van der Waals surface area (Å²) in [6.07, 6.45) is 5.65. The fourth-order valence-corrected chi connectivity index (χ4v) is 4.19. The quantitative estimate of drug-likeness (QED) is 0.845. The third-order valence-electron chi connectivity index (χ3n) is 5.66. The van der Waals surface area contributed by atoms with Crippen molar-refractivity contribution < 1.29 is 4.79 Å². The maximum Gasteiger partial charge on any atom is 0.225 e. The lowest BCUT2D eigenvalue weighted by Crippen LogP contribution is -2.42. The topological polar surface area (TPSA) is 49.6 Å². The SMILES string of the molecule is CCN(CC)C1CCN(C(=O)C(C)C2CCCC(N)C2)C1. The standard InChI is InChI=1S/C17H33N3O/c1-4-19(5-2)16-9-10-20(12-16)17(21)13(3)14-7-6-8-15(18)11-14/h13-16H,4-12,18H2,1-3H3. The molecule has 2 aliphatic rings. The smallest absolute Gasteiger partial charge is 0.225 e. The van der Waals surface area contributed by atoms with Crippen LogP contribution in [0.5, 0.6) is 0 Å². The molecule has 4 unspecified atom stereocenters. The number of likely N-dealkylation sites (tertiary alicyclic amines) is 1. The van der Waals surface area contributed by atoms with Crippen LogP contribution in [0.3, 0.4) is 0 Å². The number of hydrogen-bond acceptors (Lipinski definition) is 3. The van der Waals surface area contributed by atoms with Crippen molar-refractivity contribution in [1.29, 1.82) is 0 Å². The highest BCUT2D eigenvalue weighted by atomic mass is 16.2. The zero-order valence-corrected chi connectivity index (χ0v) is 14.1. The first-order valence-electron chi connectivity index (χ1n) is 8.85. The van der Waals surface area contributed by atoms with Gasteiger partial charge in [0.2, 0.25) is 5.91 Å². The second kappa shape index (κ2) is 7.59. The van der Waals surface area contributed by atoms with Crippen LogP contribution in [0.25, 0.3) is 0 Å². The molecule has 1 saturated carbocycles. The van der Waals surface area contributed by atoms with Gasteiger partial charge >= 0.3 is 0 Å². The molecule has 4 nitrogen and oxygen atoms in total. The number of nitrogens with zero attached hydrogens (tertiary/aromatic N) is 2. The van der Waals surface area contributed by atoms with E-state index in [-0.39, 0.29) is 5.92 Å². The second-order valence-corrected chi connectivity index (χ2v) is 6.92. The number of nitrogens with two attached hydrogens (primary N) is 1. The number of likely N-dealkylation sites (N-methyl/N-ethyl adjacent to an activating group) is 1. The van der Waals surface area contributed by atoms with E-state index in [4.69, 9.17) is 5.73 Å². The molecule has 2 N–H and O–H groups in total. The Bertz CT molecular complexity index is 343. The van der Waals surface area contributed by atoms with E-state index in [1.165, 1.54) is 12.8 Å². The summed E-state index contributed by atoms with van der Waals surface area (Å²) in [7, 11) is 0. The van der Waals surface area contributed by atoms with Gasteiger partial charge < -0.3 is 10.6 Å². The molecule has 0 aromatic rings. The Labute approximate surface area is 130 Å². The number of hydrogen-bond donors (Lipinski definition) is 1. The Morgan fingerprint density at radius 2 is 2.00 bits per heavy atom. The van der Waals surface area contributed by atoms with E-state index < -0.39 is 0 Å². The molecule has 0 bridgehead atoms. The molecule has 2 rings (SSSR count). The van der Waals surface area contributed by atoms with Crippen molar-refractivity contribution in [2.75, 3.05) is 26.2 Å². The number of rotatable bonds is 5. The molecule has 21 heavy (non-hydrogen) atoms. The molecule has 1 amide bonds. The first-order chi connectivity index (χ1) is 10.1. The molecule has 2 fully saturated rings. The van der Waals surface area contributed by atoms with Crippen molar-refractivity contribution in [3.8, 4) is 0 Å². The fourth-order valence-electron chi connectivity index (χ4n) is 4.19. The third-order valence-corrected chi connectivity index (χ3v) is 5.66.